The minimum absolute atomic E-state index is 0.152. The minimum Gasteiger partial charge on any atom is -0.370 e. The van der Waals surface area contributed by atoms with Gasteiger partial charge in [-0.15, -0.1) is 0 Å². The van der Waals surface area contributed by atoms with Crippen LogP contribution in [-0.2, 0) is 20.2 Å². The first kappa shape index (κ1) is 15.7. The van der Waals surface area contributed by atoms with Gasteiger partial charge in [-0.25, -0.2) is 8.42 Å². The highest BCUT2D eigenvalue weighted by Crippen LogP contribution is 2.25. The smallest absolute Gasteiger partial charge is 0.219 e. The molecule has 0 radical (unpaired) electrons. The minimum atomic E-state index is -3.21. The fourth-order valence-corrected chi connectivity index (χ4v) is 2.71. The van der Waals surface area contributed by atoms with Gasteiger partial charge in [0.15, 0.2) is 9.84 Å². The molecule has 0 bridgehead atoms. The molecule has 0 heterocycles. The molecular weight excluding hydrogens is 264 g/mol. The highest BCUT2D eigenvalue weighted by Gasteiger charge is 2.27. The number of carbonyl (C=O) groups is 1. The van der Waals surface area contributed by atoms with Crippen molar-refractivity contribution in [3.8, 4) is 0 Å². The number of carbonyl (C=O) groups excluding carboxylic acids is 1. The Labute approximate surface area is 114 Å². The Bertz CT molecular complexity index is 552. The van der Waals surface area contributed by atoms with Crippen LogP contribution in [0.5, 0.6) is 0 Å². The third-order valence-corrected chi connectivity index (χ3v) is 4.14. The average Bonchev–Trinajstić information content (AvgIpc) is 2.27. The van der Waals surface area contributed by atoms with Crippen molar-refractivity contribution in [2.75, 3.05) is 12.8 Å². The predicted molar refractivity (Wildman–Crippen MR) is 74.4 cm³/mol. The molecule has 5 nitrogen and oxygen atoms in total. The zero-order valence-electron chi connectivity index (χ0n) is 11.4. The Hall–Kier alpha value is -1.40. The van der Waals surface area contributed by atoms with Gasteiger partial charge >= 0.3 is 0 Å². The van der Waals surface area contributed by atoms with Crippen LogP contribution in [0.4, 0.5) is 0 Å². The van der Waals surface area contributed by atoms with Gasteiger partial charge in [0.05, 0.1) is 4.90 Å². The number of sulfone groups is 1. The summed E-state index contributed by atoms with van der Waals surface area (Å²) in [5.74, 6) is -0.407. The van der Waals surface area contributed by atoms with E-state index >= 15 is 0 Å². The maximum atomic E-state index is 11.4. The van der Waals surface area contributed by atoms with Crippen LogP contribution >= 0.6 is 0 Å². The number of nitrogens with two attached hydrogens (primary N) is 1. The van der Waals surface area contributed by atoms with E-state index in [1.807, 2.05) is 13.8 Å². The summed E-state index contributed by atoms with van der Waals surface area (Å²) in [7, 11) is -3.21. The van der Waals surface area contributed by atoms with Gasteiger partial charge in [0.1, 0.15) is 0 Å². The van der Waals surface area contributed by atoms with E-state index < -0.39 is 21.3 Å². The highest BCUT2D eigenvalue weighted by molar-refractivity contribution is 7.90. The lowest BCUT2D eigenvalue weighted by Gasteiger charge is -2.30. The molecule has 1 aromatic carbocycles. The number of hydrogen-bond donors (Lipinski definition) is 2. The summed E-state index contributed by atoms with van der Waals surface area (Å²) in [6.07, 6.45) is 1.31. The van der Waals surface area contributed by atoms with E-state index in [1.165, 1.54) is 0 Å². The van der Waals surface area contributed by atoms with Crippen LogP contribution in [0.2, 0.25) is 0 Å². The standard InChI is InChI=1S/C13H20N2O3S/c1-4-15-13(2,9-12(14)16)10-5-7-11(8-6-10)19(3,17)18/h5-8,15H,4,9H2,1-3H3,(H2,14,16). The third kappa shape index (κ3) is 4.04. The molecule has 3 N–H and O–H groups in total. The van der Waals surface area contributed by atoms with E-state index in [9.17, 15) is 13.2 Å². The van der Waals surface area contributed by atoms with E-state index in [4.69, 9.17) is 5.73 Å². The van der Waals surface area contributed by atoms with E-state index in [0.717, 1.165) is 11.8 Å². The van der Waals surface area contributed by atoms with Crippen LogP contribution in [0.3, 0.4) is 0 Å². The van der Waals surface area contributed by atoms with E-state index in [-0.39, 0.29) is 11.3 Å². The lowest BCUT2D eigenvalue weighted by Crippen LogP contribution is -2.42. The molecule has 1 unspecified atom stereocenters. The molecule has 0 saturated carbocycles. The van der Waals surface area contributed by atoms with E-state index in [0.29, 0.717) is 6.54 Å². The number of rotatable bonds is 6. The molecule has 0 saturated heterocycles. The normalized spacial score (nSPS) is 14.9. The van der Waals surface area contributed by atoms with Gasteiger partial charge in [-0.05, 0) is 31.2 Å². The number of nitrogens with one attached hydrogen (secondary N) is 1. The summed E-state index contributed by atoms with van der Waals surface area (Å²) in [6, 6.07) is 6.51. The Morgan fingerprint density at radius 3 is 2.21 bits per heavy atom. The zero-order chi connectivity index (χ0) is 14.7. The lowest BCUT2D eigenvalue weighted by molar-refractivity contribution is -0.119. The van der Waals surface area contributed by atoms with Crippen molar-refractivity contribution in [2.45, 2.75) is 30.7 Å². The number of primary amides is 1. The molecule has 1 amide bonds. The summed E-state index contributed by atoms with van der Waals surface area (Å²) in [5.41, 5.74) is 5.52. The first-order valence-electron chi connectivity index (χ1n) is 6.03. The van der Waals surface area contributed by atoms with Gasteiger partial charge < -0.3 is 11.1 Å². The zero-order valence-corrected chi connectivity index (χ0v) is 12.3. The highest BCUT2D eigenvalue weighted by atomic mass is 32.2. The Kier molecular flexibility index (Phi) is 4.70. The van der Waals surface area contributed by atoms with E-state index in [2.05, 4.69) is 5.32 Å². The third-order valence-electron chi connectivity index (χ3n) is 3.01. The maximum Gasteiger partial charge on any atom is 0.219 e. The largest absolute Gasteiger partial charge is 0.370 e. The second kappa shape index (κ2) is 5.71. The molecule has 0 aliphatic heterocycles. The van der Waals surface area contributed by atoms with Gasteiger partial charge in [0, 0.05) is 18.2 Å². The van der Waals surface area contributed by atoms with Gasteiger partial charge in [-0.3, -0.25) is 4.79 Å². The fourth-order valence-electron chi connectivity index (χ4n) is 2.08. The Morgan fingerprint density at radius 2 is 1.84 bits per heavy atom. The molecule has 0 aromatic heterocycles. The first-order chi connectivity index (χ1) is 8.69. The van der Waals surface area contributed by atoms with Gasteiger partial charge in [-0.2, -0.15) is 0 Å². The molecule has 1 atom stereocenters. The fraction of sp³-hybridized carbons (Fsp3) is 0.462. The van der Waals surface area contributed by atoms with Gasteiger partial charge in [0.2, 0.25) is 5.91 Å². The second-order valence-electron chi connectivity index (χ2n) is 4.80. The molecule has 106 valence electrons. The van der Waals surface area contributed by atoms with Gasteiger partial charge in [-0.1, -0.05) is 19.1 Å². The topological polar surface area (TPSA) is 89.3 Å². The molecule has 6 heteroatoms. The van der Waals surface area contributed by atoms with Crippen molar-refractivity contribution in [3.63, 3.8) is 0 Å². The SMILES string of the molecule is CCNC(C)(CC(N)=O)c1ccc(S(C)(=O)=O)cc1. The predicted octanol–water partition coefficient (Wildman–Crippen LogP) is 0.790. The van der Waals surface area contributed by atoms with Crippen LogP contribution in [0, 0.1) is 0 Å². The van der Waals surface area contributed by atoms with Crippen molar-refractivity contribution in [3.05, 3.63) is 29.8 Å². The molecule has 19 heavy (non-hydrogen) atoms. The summed E-state index contributed by atoms with van der Waals surface area (Å²) >= 11 is 0. The molecule has 1 rings (SSSR count). The first-order valence-corrected chi connectivity index (χ1v) is 7.92. The summed E-state index contributed by atoms with van der Waals surface area (Å²) in [6.45, 7) is 4.48. The van der Waals surface area contributed by atoms with Crippen LogP contribution < -0.4 is 11.1 Å². The number of hydrogen-bond acceptors (Lipinski definition) is 4. The number of amides is 1. The van der Waals surface area contributed by atoms with Gasteiger partial charge in [0.25, 0.3) is 0 Å². The second-order valence-corrected chi connectivity index (χ2v) is 6.82. The van der Waals surface area contributed by atoms with Crippen LogP contribution in [0.1, 0.15) is 25.8 Å². The molecule has 1 aromatic rings. The molecule has 0 aliphatic carbocycles. The van der Waals surface area contributed by atoms with Crippen LogP contribution in [-0.4, -0.2) is 27.1 Å². The molecule has 0 spiro atoms. The van der Waals surface area contributed by atoms with Crippen molar-refractivity contribution >= 4 is 15.7 Å². The Balaban J connectivity index is 3.14. The quantitative estimate of drug-likeness (QED) is 0.808. The van der Waals surface area contributed by atoms with Crippen molar-refractivity contribution in [1.82, 2.24) is 5.32 Å². The lowest BCUT2D eigenvalue weighted by atomic mass is 9.88. The van der Waals surface area contributed by atoms with Crippen molar-refractivity contribution in [1.29, 1.82) is 0 Å². The average molecular weight is 284 g/mol. The maximum absolute atomic E-state index is 11.4. The van der Waals surface area contributed by atoms with Crippen molar-refractivity contribution in [2.24, 2.45) is 5.73 Å². The van der Waals surface area contributed by atoms with Crippen molar-refractivity contribution < 1.29 is 13.2 Å². The number of benzene rings is 1. The summed E-state index contributed by atoms with van der Waals surface area (Å²) in [4.78, 5) is 11.4. The van der Waals surface area contributed by atoms with Crippen LogP contribution in [0.25, 0.3) is 0 Å². The van der Waals surface area contributed by atoms with E-state index in [1.54, 1.807) is 24.3 Å². The van der Waals surface area contributed by atoms with Crippen LogP contribution in [0.15, 0.2) is 29.2 Å². The monoisotopic (exact) mass is 284 g/mol. The Morgan fingerprint density at radius 1 is 1.32 bits per heavy atom. The molecule has 0 fully saturated rings. The molecule has 0 aliphatic rings. The summed E-state index contributed by atoms with van der Waals surface area (Å²) < 4.78 is 22.8. The molecular formula is C13H20N2O3S. The summed E-state index contributed by atoms with van der Waals surface area (Å²) in [5, 5.41) is 3.21.